The summed E-state index contributed by atoms with van der Waals surface area (Å²) in [5, 5.41) is 13.9. The molecule has 1 aromatic heterocycles. The van der Waals surface area contributed by atoms with E-state index in [1.807, 2.05) is 6.20 Å². The lowest BCUT2D eigenvalue weighted by atomic mass is 10.0. The van der Waals surface area contributed by atoms with E-state index in [0.717, 1.165) is 18.5 Å². The van der Waals surface area contributed by atoms with E-state index < -0.39 is 5.97 Å². The number of aromatic carboxylic acids is 1. The predicted octanol–water partition coefficient (Wildman–Crippen LogP) is 3.31. The minimum Gasteiger partial charge on any atom is -0.478 e. The molecule has 2 rings (SSSR count). The molecule has 0 unspecified atom stereocenters. The Bertz CT molecular complexity index is 578. The molecule has 1 heterocycles. The number of hydrogen-bond donors (Lipinski definition) is 1. The standard InChI is InChI=1S/C13H13ClN2O2/c1-2-5-16-8-9(7-15-16)12-6-10(14)3-4-11(12)13(17)18/h3-4,6-8H,2,5H2,1H3,(H,17,18). The largest absolute Gasteiger partial charge is 0.478 e. The Labute approximate surface area is 110 Å². The van der Waals surface area contributed by atoms with E-state index in [4.69, 9.17) is 16.7 Å². The van der Waals surface area contributed by atoms with Crippen LogP contribution in [-0.2, 0) is 6.54 Å². The van der Waals surface area contributed by atoms with Gasteiger partial charge in [-0.15, -0.1) is 0 Å². The Morgan fingerprint density at radius 2 is 2.28 bits per heavy atom. The number of hydrogen-bond acceptors (Lipinski definition) is 2. The number of carboxylic acids is 1. The third-order valence-corrected chi connectivity index (χ3v) is 2.84. The lowest BCUT2D eigenvalue weighted by molar-refractivity contribution is 0.0698. The summed E-state index contributed by atoms with van der Waals surface area (Å²) in [5.41, 5.74) is 1.59. The third-order valence-electron chi connectivity index (χ3n) is 2.61. The SMILES string of the molecule is CCCn1cc(-c2cc(Cl)ccc2C(=O)O)cn1. The molecule has 0 aliphatic rings. The van der Waals surface area contributed by atoms with Crippen LogP contribution in [0, 0.1) is 0 Å². The number of halogens is 1. The number of nitrogens with zero attached hydrogens (tertiary/aromatic N) is 2. The van der Waals surface area contributed by atoms with Crippen LogP contribution in [0.4, 0.5) is 0 Å². The fourth-order valence-corrected chi connectivity index (χ4v) is 1.97. The number of aryl methyl sites for hydroxylation is 1. The van der Waals surface area contributed by atoms with Crippen molar-refractivity contribution in [3.05, 3.63) is 41.2 Å². The highest BCUT2D eigenvalue weighted by Crippen LogP contribution is 2.26. The zero-order valence-electron chi connectivity index (χ0n) is 9.93. The highest BCUT2D eigenvalue weighted by atomic mass is 35.5. The Balaban J connectivity index is 2.47. The molecular formula is C13H13ClN2O2. The van der Waals surface area contributed by atoms with Gasteiger partial charge in [0.2, 0.25) is 0 Å². The summed E-state index contributed by atoms with van der Waals surface area (Å²) in [6.07, 6.45) is 4.47. The minimum absolute atomic E-state index is 0.232. The fraction of sp³-hybridized carbons (Fsp3) is 0.231. The summed E-state index contributed by atoms with van der Waals surface area (Å²) in [5.74, 6) is -0.968. The first-order valence-corrected chi connectivity index (χ1v) is 6.05. The summed E-state index contributed by atoms with van der Waals surface area (Å²) in [6, 6.07) is 4.74. The van der Waals surface area contributed by atoms with Crippen LogP contribution in [0.2, 0.25) is 5.02 Å². The molecular weight excluding hydrogens is 252 g/mol. The van der Waals surface area contributed by atoms with Gasteiger partial charge in [0.1, 0.15) is 0 Å². The fourth-order valence-electron chi connectivity index (χ4n) is 1.80. The molecule has 5 heteroatoms. The van der Waals surface area contributed by atoms with Crippen molar-refractivity contribution in [2.24, 2.45) is 0 Å². The Kier molecular flexibility index (Phi) is 3.67. The Morgan fingerprint density at radius 3 is 2.94 bits per heavy atom. The van der Waals surface area contributed by atoms with E-state index in [1.165, 1.54) is 6.07 Å². The number of carbonyl (C=O) groups is 1. The van der Waals surface area contributed by atoms with Crippen LogP contribution in [0.5, 0.6) is 0 Å². The van der Waals surface area contributed by atoms with Crippen molar-refractivity contribution in [2.75, 3.05) is 0 Å². The Hall–Kier alpha value is -1.81. The van der Waals surface area contributed by atoms with Crippen LogP contribution in [-0.4, -0.2) is 20.9 Å². The molecule has 0 radical (unpaired) electrons. The lowest BCUT2D eigenvalue weighted by Gasteiger charge is -2.04. The van der Waals surface area contributed by atoms with E-state index in [-0.39, 0.29) is 5.56 Å². The smallest absolute Gasteiger partial charge is 0.336 e. The number of rotatable bonds is 4. The summed E-state index contributed by atoms with van der Waals surface area (Å²) < 4.78 is 1.79. The molecule has 0 saturated carbocycles. The van der Waals surface area contributed by atoms with Crippen LogP contribution >= 0.6 is 11.6 Å². The first kappa shape index (κ1) is 12.6. The first-order valence-electron chi connectivity index (χ1n) is 5.67. The maximum atomic E-state index is 11.2. The van der Waals surface area contributed by atoms with E-state index in [0.29, 0.717) is 10.6 Å². The zero-order chi connectivity index (χ0) is 13.1. The monoisotopic (exact) mass is 264 g/mol. The van der Waals surface area contributed by atoms with Gasteiger partial charge >= 0.3 is 5.97 Å². The van der Waals surface area contributed by atoms with E-state index >= 15 is 0 Å². The average Bonchev–Trinajstić information content (AvgIpc) is 2.77. The molecule has 94 valence electrons. The molecule has 1 N–H and O–H groups in total. The summed E-state index contributed by atoms with van der Waals surface area (Å²) >= 11 is 5.92. The second-order valence-electron chi connectivity index (χ2n) is 3.99. The highest BCUT2D eigenvalue weighted by Gasteiger charge is 2.13. The van der Waals surface area contributed by atoms with Gasteiger partial charge in [-0.05, 0) is 24.6 Å². The summed E-state index contributed by atoms with van der Waals surface area (Å²) in [4.78, 5) is 11.2. The molecule has 0 bridgehead atoms. The first-order chi connectivity index (χ1) is 8.61. The van der Waals surface area contributed by atoms with Crippen LogP contribution in [0.25, 0.3) is 11.1 Å². The van der Waals surface area contributed by atoms with Gasteiger partial charge in [0.25, 0.3) is 0 Å². The quantitative estimate of drug-likeness (QED) is 0.922. The van der Waals surface area contributed by atoms with Crippen molar-refractivity contribution in [3.63, 3.8) is 0 Å². The van der Waals surface area contributed by atoms with Gasteiger partial charge in [0.15, 0.2) is 0 Å². The van der Waals surface area contributed by atoms with Gasteiger partial charge < -0.3 is 5.11 Å². The van der Waals surface area contributed by atoms with Crippen molar-refractivity contribution in [2.45, 2.75) is 19.9 Å². The minimum atomic E-state index is -0.968. The summed E-state index contributed by atoms with van der Waals surface area (Å²) in [7, 11) is 0. The van der Waals surface area contributed by atoms with Crippen molar-refractivity contribution < 1.29 is 9.90 Å². The maximum Gasteiger partial charge on any atom is 0.336 e. The van der Waals surface area contributed by atoms with Crippen LogP contribution < -0.4 is 0 Å². The molecule has 2 aromatic rings. The number of carboxylic acid groups (broad SMARTS) is 1. The molecule has 1 aromatic carbocycles. The number of benzene rings is 1. The van der Waals surface area contributed by atoms with Gasteiger partial charge in [-0.1, -0.05) is 18.5 Å². The second-order valence-corrected chi connectivity index (χ2v) is 4.42. The van der Waals surface area contributed by atoms with Gasteiger partial charge in [0, 0.05) is 28.9 Å². The molecule has 0 fully saturated rings. The zero-order valence-corrected chi connectivity index (χ0v) is 10.7. The van der Waals surface area contributed by atoms with Crippen LogP contribution in [0.15, 0.2) is 30.6 Å². The van der Waals surface area contributed by atoms with Crippen LogP contribution in [0.1, 0.15) is 23.7 Å². The van der Waals surface area contributed by atoms with E-state index in [9.17, 15) is 4.79 Å². The average molecular weight is 265 g/mol. The van der Waals surface area contributed by atoms with E-state index in [1.54, 1.807) is 23.0 Å². The van der Waals surface area contributed by atoms with Crippen molar-refractivity contribution in [1.82, 2.24) is 9.78 Å². The molecule has 0 atom stereocenters. The molecule has 0 spiro atoms. The molecule has 0 aliphatic carbocycles. The van der Waals surface area contributed by atoms with Gasteiger partial charge in [-0.2, -0.15) is 5.10 Å². The Morgan fingerprint density at radius 1 is 1.50 bits per heavy atom. The molecule has 0 aliphatic heterocycles. The predicted molar refractivity (Wildman–Crippen MR) is 69.9 cm³/mol. The van der Waals surface area contributed by atoms with Crippen molar-refractivity contribution >= 4 is 17.6 Å². The van der Waals surface area contributed by atoms with Gasteiger partial charge in [-0.25, -0.2) is 4.79 Å². The third kappa shape index (κ3) is 2.54. The molecule has 4 nitrogen and oxygen atoms in total. The lowest BCUT2D eigenvalue weighted by Crippen LogP contribution is -1.99. The topological polar surface area (TPSA) is 55.1 Å². The molecule has 18 heavy (non-hydrogen) atoms. The van der Waals surface area contributed by atoms with Crippen molar-refractivity contribution in [1.29, 1.82) is 0 Å². The number of aromatic nitrogens is 2. The van der Waals surface area contributed by atoms with Gasteiger partial charge in [0.05, 0.1) is 11.8 Å². The summed E-state index contributed by atoms with van der Waals surface area (Å²) in [6.45, 7) is 2.87. The molecule has 0 saturated heterocycles. The second kappa shape index (κ2) is 5.23. The van der Waals surface area contributed by atoms with Crippen LogP contribution in [0.3, 0.4) is 0 Å². The maximum absolute atomic E-state index is 11.2. The highest BCUT2D eigenvalue weighted by molar-refractivity contribution is 6.31. The van der Waals surface area contributed by atoms with Gasteiger partial charge in [-0.3, -0.25) is 4.68 Å². The van der Waals surface area contributed by atoms with Crippen molar-refractivity contribution in [3.8, 4) is 11.1 Å². The van der Waals surface area contributed by atoms with E-state index in [2.05, 4.69) is 12.0 Å². The normalized spacial score (nSPS) is 10.6. The molecule has 0 amide bonds.